The quantitative estimate of drug-likeness (QED) is 0.721. The Balaban J connectivity index is 1.75. The first kappa shape index (κ1) is 11.9. The van der Waals surface area contributed by atoms with Crippen molar-refractivity contribution in [2.75, 3.05) is 6.54 Å². The van der Waals surface area contributed by atoms with Crippen LogP contribution in [0.5, 0.6) is 0 Å². The Bertz CT molecular complexity index is 939. The number of nitrogens with zero attached hydrogens (tertiary/aromatic N) is 2. The van der Waals surface area contributed by atoms with Crippen molar-refractivity contribution in [2.24, 2.45) is 0 Å². The summed E-state index contributed by atoms with van der Waals surface area (Å²) in [6, 6.07) is 4.49. The van der Waals surface area contributed by atoms with E-state index in [0.29, 0.717) is 0 Å². The lowest BCUT2D eigenvalue weighted by Crippen LogP contribution is -2.35. The van der Waals surface area contributed by atoms with E-state index in [-0.39, 0.29) is 0 Å². The van der Waals surface area contributed by atoms with Crippen LogP contribution in [-0.2, 0) is 6.54 Å². The van der Waals surface area contributed by atoms with Gasteiger partial charge in [-0.2, -0.15) is 0 Å². The zero-order chi connectivity index (χ0) is 14.5. The monoisotopic (exact) mass is 284 g/mol. The number of hydrogen-bond acceptors (Lipinski definition) is 2. The molecule has 0 spiro atoms. The van der Waals surface area contributed by atoms with Crippen molar-refractivity contribution in [2.45, 2.75) is 6.54 Å². The maximum atomic E-state index is 2.43. The van der Waals surface area contributed by atoms with Crippen LogP contribution in [0.1, 0.15) is 11.1 Å². The second-order valence-electron chi connectivity index (χ2n) is 5.99. The van der Waals surface area contributed by atoms with E-state index in [0.717, 1.165) is 13.1 Å². The van der Waals surface area contributed by atoms with Crippen LogP contribution in [0.25, 0.3) is 18.4 Å². The average Bonchev–Trinajstić information content (AvgIpc) is 2.58. The molecular weight excluding hydrogens is 268 g/mol. The molecule has 0 amide bonds. The van der Waals surface area contributed by atoms with E-state index < -0.39 is 0 Å². The zero-order valence-electron chi connectivity index (χ0n) is 12.2. The molecule has 5 rings (SSSR count). The first-order valence-corrected chi connectivity index (χ1v) is 7.71. The molecule has 0 aliphatic carbocycles. The summed E-state index contributed by atoms with van der Waals surface area (Å²) in [5.41, 5.74) is 5.37. The maximum absolute atomic E-state index is 2.43. The summed E-state index contributed by atoms with van der Waals surface area (Å²) in [4.78, 5) is 4.63. The highest BCUT2D eigenvalue weighted by molar-refractivity contribution is 5.68. The Morgan fingerprint density at radius 3 is 2.86 bits per heavy atom. The normalized spacial score (nSPS) is 20.0. The highest BCUT2D eigenvalue weighted by Gasteiger charge is 2.20. The zero-order valence-corrected chi connectivity index (χ0v) is 12.2. The highest BCUT2D eigenvalue weighted by Crippen LogP contribution is 2.24. The second-order valence-corrected chi connectivity index (χ2v) is 5.99. The fourth-order valence-corrected chi connectivity index (χ4v) is 3.51. The summed E-state index contributed by atoms with van der Waals surface area (Å²) >= 11 is 0. The molecule has 0 atom stereocenters. The van der Waals surface area contributed by atoms with E-state index in [1.807, 2.05) is 0 Å². The van der Waals surface area contributed by atoms with Gasteiger partial charge in [-0.1, -0.05) is 30.4 Å². The van der Waals surface area contributed by atoms with Crippen LogP contribution in [0.15, 0.2) is 66.2 Å². The van der Waals surface area contributed by atoms with Gasteiger partial charge in [0, 0.05) is 36.9 Å². The van der Waals surface area contributed by atoms with Gasteiger partial charge in [-0.15, -0.1) is 0 Å². The average molecular weight is 284 g/mol. The van der Waals surface area contributed by atoms with Gasteiger partial charge >= 0.3 is 0 Å². The minimum atomic E-state index is 0.988. The van der Waals surface area contributed by atoms with Crippen molar-refractivity contribution in [3.8, 4) is 0 Å². The summed E-state index contributed by atoms with van der Waals surface area (Å²) < 4.78 is 0. The first-order valence-electron chi connectivity index (χ1n) is 7.71. The van der Waals surface area contributed by atoms with Crippen LogP contribution >= 0.6 is 0 Å². The van der Waals surface area contributed by atoms with Crippen molar-refractivity contribution >= 4 is 18.4 Å². The molecule has 4 aliphatic heterocycles. The molecule has 1 aromatic carbocycles. The minimum Gasteiger partial charge on any atom is -0.363 e. The van der Waals surface area contributed by atoms with Crippen LogP contribution in [-0.4, -0.2) is 16.3 Å². The number of fused-ring (bicyclic) bond motifs is 5. The van der Waals surface area contributed by atoms with Crippen molar-refractivity contribution in [3.63, 3.8) is 0 Å². The van der Waals surface area contributed by atoms with Crippen molar-refractivity contribution in [1.82, 2.24) is 9.80 Å². The molecule has 2 nitrogen and oxygen atoms in total. The summed E-state index contributed by atoms with van der Waals surface area (Å²) in [6.45, 7) is 1.99. The molecule has 106 valence electrons. The second kappa shape index (κ2) is 4.38. The van der Waals surface area contributed by atoms with Gasteiger partial charge in [-0.3, -0.25) is 0 Å². The van der Waals surface area contributed by atoms with E-state index >= 15 is 0 Å². The summed E-state index contributed by atoms with van der Waals surface area (Å²) in [7, 11) is 0. The Morgan fingerprint density at radius 1 is 0.909 bits per heavy atom. The Hall–Kier alpha value is -2.74. The number of allylic oxidation sites excluding steroid dienone is 6. The first-order chi connectivity index (χ1) is 10.9. The van der Waals surface area contributed by atoms with Gasteiger partial charge in [0.2, 0.25) is 0 Å². The number of hydrogen-bond donors (Lipinski definition) is 0. The maximum Gasteiger partial charge on any atom is 0.0455 e. The molecule has 2 heteroatoms. The molecule has 22 heavy (non-hydrogen) atoms. The predicted octanol–water partition coefficient (Wildman–Crippen LogP) is 2.21. The van der Waals surface area contributed by atoms with Gasteiger partial charge in [0.1, 0.15) is 0 Å². The molecule has 1 aromatic rings. The lowest BCUT2D eigenvalue weighted by Gasteiger charge is -2.32. The van der Waals surface area contributed by atoms with Crippen LogP contribution in [0, 0.1) is 0 Å². The van der Waals surface area contributed by atoms with E-state index in [2.05, 4.69) is 82.9 Å². The van der Waals surface area contributed by atoms with Crippen molar-refractivity contribution in [3.05, 3.63) is 87.7 Å². The van der Waals surface area contributed by atoms with Gasteiger partial charge in [0.25, 0.3) is 0 Å². The molecule has 0 fully saturated rings. The highest BCUT2D eigenvalue weighted by atomic mass is 15.1. The summed E-state index contributed by atoms with van der Waals surface area (Å²) in [5.74, 6) is 0. The van der Waals surface area contributed by atoms with Crippen LogP contribution in [0.2, 0.25) is 0 Å². The third-order valence-electron chi connectivity index (χ3n) is 4.67. The van der Waals surface area contributed by atoms with E-state index in [9.17, 15) is 0 Å². The molecule has 0 saturated heterocycles. The van der Waals surface area contributed by atoms with Crippen molar-refractivity contribution < 1.29 is 0 Å². The molecule has 0 unspecified atom stereocenters. The molecule has 0 aromatic heterocycles. The van der Waals surface area contributed by atoms with Crippen LogP contribution in [0.4, 0.5) is 0 Å². The molecule has 0 saturated carbocycles. The van der Waals surface area contributed by atoms with Gasteiger partial charge in [0.15, 0.2) is 0 Å². The van der Waals surface area contributed by atoms with Gasteiger partial charge in [-0.05, 0) is 51.9 Å². The van der Waals surface area contributed by atoms with E-state index in [1.54, 1.807) is 0 Å². The van der Waals surface area contributed by atoms with Crippen LogP contribution in [0.3, 0.4) is 0 Å². The third-order valence-corrected chi connectivity index (χ3v) is 4.67. The largest absolute Gasteiger partial charge is 0.363 e. The Labute approximate surface area is 129 Å². The molecule has 0 bridgehead atoms. The van der Waals surface area contributed by atoms with Crippen LogP contribution < -0.4 is 10.4 Å². The number of benzene rings is 1. The fourth-order valence-electron chi connectivity index (χ4n) is 3.51. The Kier molecular flexibility index (Phi) is 2.36. The molecule has 0 N–H and O–H groups in total. The SMILES string of the molecule is C1=CCN2Cc3c4c(ccc3=CC2=C1)=CN1C=CC=CC1=C4. The van der Waals surface area contributed by atoms with Gasteiger partial charge in [0.05, 0.1) is 0 Å². The van der Waals surface area contributed by atoms with Gasteiger partial charge in [-0.25, -0.2) is 0 Å². The smallest absolute Gasteiger partial charge is 0.0455 e. The third kappa shape index (κ3) is 1.67. The lowest BCUT2D eigenvalue weighted by atomic mass is 9.95. The lowest BCUT2D eigenvalue weighted by molar-refractivity contribution is 0.379. The topological polar surface area (TPSA) is 6.48 Å². The standard InChI is InChI=1S/C20H16N2/c1-4-10-22-14-20-15(11-17(22)5-1)7-8-16-13-21-9-3-2-6-18(21)12-19(16)20/h1-9,11-13H,10,14H2. The molecule has 4 aliphatic rings. The molecular formula is C20H16N2. The van der Waals surface area contributed by atoms with Gasteiger partial charge < -0.3 is 9.80 Å². The van der Waals surface area contributed by atoms with E-state index in [4.69, 9.17) is 0 Å². The fraction of sp³-hybridized carbons (Fsp3) is 0.100. The molecule has 0 radical (unpaired) electrons. The summed E-state index contributed by atoms with van der Waals surface area (Å²) in [6.07, 6.45) is 21.9. The Morgan fingerprint density at radius 2 is 1.86 bits per heavy atom. The predicted molar refractivity (Wildman–Crippen MR) is 90.4 cm³/mol. The molecule has 4 heterocycles. The summed E-state index contributed by atoms with van der Waals surface area (Å²) in [5, 5.41) is 2.65. The van der Waals surface area contributed by atoms with Crippen molar-refractivity contribution in [1.29, 1.82) is 0 Å². The number of rotatable bonds is 0. The van der Waals surface area contributed by atoms with E-state index in [1.165, 1.54) is 33.0 Å². The minimum absolute atomic E-state index is 0.988.